The van der Waals surface area contributed by atoms with Gasteiger partial charge in [-0.3, -0.25) is 0 Å². The third-order valence-corrected chi connectivity index (χ3v) is 1.58. The topological polar surface area (TPSA) is 29.5 Å². The fourth-order valence-corrected chi connectivity index (χ4v) is 0.898. The summed E-state index contributed by atoms with van der Waals surface area (Å²) in [6.07, 6.45) is 0. The van der Waals surface area contributed by atoms with Crippen LogP contribution in [0, 0.1) is 0 Å². The van der Waals surface area contributed by atoms with E-state index in [1.807, 2.05) is 0 Å². The first-order chi connectivity index (χ1) is 5.95. The number of phenols is 1. The first-order valence-electron chi connectivity index (χ1n) is 3.52. The summed E-state index contributed by atoms with van der Waals surface area (Å²) in [5.41, 5.74) is -0.783. The number of rotatable bonds is 2. The van der Waals surface area contributed by atoms with Crippen molar-refractivity contribution in [3.8, 4) is 11.5 Å². The van der Waals surface area contributed by atoms with Crippen molar-refractivity contribution in [3.05, 3.63) is 18.2 Å². The maximum Gasteiger partial charge on any atom is 0.509 e. The number of halogens is 3. The molecule has 0 atom stereocenters. The van der Waals surface area contributed by atoms with Gasteiger partial charge in [0.2, 0.25) is 0 Å². The SMILES string of the molecule is COc1cc([B-](F)(F)F)ccc1O. The average Bonchev–Trinajstić information content (AvgIpc) is 2.03. The Hall–Kier alpha value is -1.33. The summed E-state index contributed by atoms with van der Waals surface area (Å²) in [4.78, 5) is 0. The Kier molecular flexibility index (Phi) is 2.40. The molecular formula is C7H7BF3O2-. The maximum absolute atomic E-state index is 12.2. The number of ether oxygens (including phenoxy) is 1. The van der Waals surface area contributed by atoms with Crippen molar-refractivity contribution >= 4 is 12.4 Å². The Morgan fingerprint density at radius 1 is 1.31 bits per heavy atom. The van der Waals surface area contributed by atoms with Gasteiger partial charge in [-0.15, -0.1) is 5.46 Å². The number of benzene rings is 1. The second kappa shape index (κ2) is 3.20. The van der Waals surface area contributed by atoms with Crippen LogP contribution in [0.4, 0.5) is 12.9 Å². The van der Waals surface area contributed by atoms with Crippen molar-refractivity contribution in [1.82, 2.24) is 0 Å². The highest BCUT2D eigenvalue weighted by atomic mass is 19.4. The molecule has 0 bridgehead atoms. The minimum absolute atomic E-state index is 0.170. The molecule has 1 aromatic rings. The second-order valence-electron chi connectivity index (χ2n) is 2.51. The van der Waals surface area contributed by atoms with Gasteiger partial charge in [-0.1, -0.05) is 6.07 Å². The van der Waals surface area contributed by atoms with E-state index in [2.05, 4.69) is 4.74 Å². The molecule has 0 spiro atoms. The van der Waals surface area contributed by atoms with Crippen LogP contribution in [-0.4, -0.2) is 19.2 Å². The van der Waals surface area contributed by atoms with Crippen LogP contribution < -0.4 is 10.2 Å². The summed E-state index contributed by atoms with van der Waals surface area (Å²) in [5.74, 6) is -0.469. The van der Waals surface area contributed by atoms with E-state index >= 15 is 0 Å². The Labute approximate surface area is 73.0 Å². The van der Waals surface area contributed by atoms with Gasteiger partial charge in [-0.2, -0.15) is 0 Å². The van der Waals surface area contributed by atoms with E-state index in [-0.39, 0.29) is 11.5 Å². The molecule has 0 aliphatic carbocycles. The van der Waals surface area contributed by atoms with E-state index in [9.17, 15) is 12.9 Å². The molecule has 0 aliphatic heterocycles. The zero-order valence-corrected chi connectivity index (χ0v) is 6.80. The lowest BCUT2D eigenvalue weighted by atomic mass is 9.80. The third-order valence-electron chi connectivity index (χ3n) is 1.58. The summed E-state index contributed by atoms with van der Waals surface area (Å²) in [6, 6.07) is 2.55. The normalized spacial score (nSPS) is 11.4. The zero-order chi connectivity index (χ0) is 10.1. The average molecular weight is 191 g/mol. The first-order valence-corrected chi connectivity index (χ1v) is 3.52. The molecule has 0 heterocycles. The monoisotopic (exact) mass is 191 g/mol. The fourth-order valence-electron chi connectivity index (χ4n) is 0.898. The predicted octanol–water partition coefficient (Wildman–Crippen LogP) is 1.46. The lowest BCUT2D eigenvalue weighted by molar-refractivity contribution is 0.373. The van der Waals surface area contributed by atoms with Crippen LogP contribution in [0.25, 0.3) is 0 Å². The first kappa shape index (κ1) is 9.76. The van der Waals surface area contributed by atoms with Crippen LogP contribution in [0.5, 0.6) is 11.5 Å². The summed E-state index contributed by atoms with van der Waals surface area (Å²) < 4.78 is 41.0. The van der Waals surface area contributed by atoms with E-state index in [0.717, 1.165) is 18.2 Å². The molecule has 6 heteroatoms. The zero-order valence-electron chi connectivity index (χ0n) is 6.80. The summed E-state index contributed by atoms with van der Waals surface area (Å²) in [7, 11) is 1.20. The van der Waals surface area contributed by atoms with Gasteiger partial charge in [0.1, 0.15) is 0 Å². The largest absolute Gasteiger partial charge is 0.509 e. The quantitative estimate of drug-likeness (QED) is 0.716. The standard InChI is InChI=1S/C7H7BF3O2/c1-13-7-4-5(8(9,10)11)2-3-6(7)12/h2-4,12H,1H3/q-1. The van der Waals surface area contributed by atoms with E-state index in [1.54, 1.807) is 0 Å². The van der Waals surface area contributed by atoms with Crippen LogP contribution in [-0.2, 0) is 0 Å². The van der Waals surface area contributed by atoms with Gasteiger partial charge in [0.15, 0.2) is 11.5 Å². The maximum atomic E-state index is 12.2. The predicted molar refractivity (Wildman–Crippen MR) is 43.4 cm³/mol. The van der Waals surface area contributed by atoms with Gasteiger partial charge in [-0.25, -0.2) is 0 Å². The molecule has 0 radical (unpaired) electrons. The van der Waals surface area contributed by atoms with Crippen LogP contribution >= 0.6 is 0 Å². The van der Waals surface area contributed by atoms with Gasteiger partial charge >= 0.3 is 6.98 Å². The van der Waals surface area contributed by atoms with Gasteiger partial charge in [0, 0.05) is 0 Å². The molecule has 0 aromatic heterocycles. The van der Waals surface area contributed by atoms with Gasteiger partial charge in [0.25, 0.3) is 0 Å². The molecule has 0 saturated heterocycles. The summed E-state index contributed by atoms with van der Waals surface area (Å²) >= 11 is 0. The highest BCUT2D eigenvalue weighted by molar-refractivity contribution is 6.73. The van der Waals surface area contributed by atoms with Gasteiger partial charge < -0.3 is 22.8 Å². The smallest absolute Gasteiger partial charge is 0.504 e. The molecule has 0 amide bonds. The van der Waals surface area contributed by atoms with Crippen molar-refractivity contribution in [1.29, 1.82) is 0 Å². The highest BCUT2D eigenvalue weighted by Crippen LogP contribution is 2.24. The molecule has 1 N–H and O–H groups in total. The Morgan fingerprint density at radius 3 is 2.38 bits per heavy atom. The molecule has 1 aromatic carbocycles. The number of hydrogen-bond donors (Lipinski definition) is 1. The van der Waals surface area contributed by atoms with Gasteiger partial charge in [0.05, 0.1) is 7.11 Å². The van der Waals surface area contributed by atoms with E-state index < -0.39 is 12.4 Å². The van der Waals surface area contributed by atoms with Crippen molar-refractivity contribution in [2.75, 3.05) is 7.11 Å². The fraction of sp³-hybridized carbons (Fsp3) is 0.143. The van der Waals surface area contributed by atoms with E-state index in [1.165, 1.54) is 7.11 Å². The van der Waals surface area contributed by atoms with Crippen molar-refractivity contribution < 1.29 is 22.8 Å². The molecule has 0 unspecified atom stereocenters. The van der Waals surface area contributed by atoms with Crippen LogP contribution in [0.15, 0.2) is 18.2 Å². The lowest BCUT2D eigenvalue weighted by Gasteiger charge is -2.15. The lowest BCUT2D eigenvalue weighted by Crippen LogP contribution is -2.33. The molecule has 0 aliphatic rings. The minimum atomic E-state index is -5.04. The number of phenolic OH excluding ortho intramolecular Hbond substituents is 1. The molecular weight excluding hydrogens is 184 g/mol. The summed E-state index contributed by atoms with van der Waals surface area (Å²) in [6.45, 7) is -5.04. The molecule has 2 nitrogen and oxygen atoms in total. The van der Waals surface area contributed by atoms with Crippen molar-refractivity contribution in [3.63, 3.8) is 0 Å². The van der Waals surface area contributed by atoms with Gasteiger partial charge in [-0.05, 0) is 12.1 Å². The van der Waals surface area contributed by atoms with Crippen LogP contribution in [0.1, 0.15) is 0 Å². The van der Waals surface area contributed by atoms with Crippen LogP contribution in [0.2, 0.25) is 0 Å². The minimum Gasteiger partial charge on any atom is -0.504 e. The molecule has 1 rings (SSSR count). The summed E-state index contributed by atoms with van der Waals surface area (Å²) in [5, 5.41) is 9.02. The molecule has 0 saturated carbocycles. The molecule has 13 heavy (non-hydrogen) atoms. The Bertz CT molecular complexity index is 311. The number of methoxy groups -OCH3 is 1. The number of aromatic hydroxyl groups is 1. The molecule has 72 valence electrons. The molecule has 0 fully saturated rings. The Balaban J connectivity index is 3.14. The number of hydrogen-bond acceptors (Lipinski definition) is 2. The van der Waals surface area contributed by atoms with Crippen LogP contribution in [0.3, 0.4) is 0 Å². The van der Waals surface area contributed by atoms with E-state index in [0.29, 0.717) is 0 Å². The highest BCUT2D eigenvalue weighted by Gasteiger charge is 2.26. The van der Waals surface area contributed by atoms with Crippen molar-refractivity contribution in [2.24, 2.45) is 0 Å². The Morgan fingerprint density at radius 2 is 1.92 bits per heavy atom. The van der Waals surface area contributed by atoms with Crippen molar-refractivity contribution in [2.45, 2.75) is 0 Å². The third kappa shape index (κ3) is 2.08. The second-order valence-corrected chi connectivity index (χ2v) is 2.51. The van der Waals surface area contributed by atoms with E-state index in [4.69, 9.17) is 5.11 Å².